The third kappa shape index (κ3) is 4.95. The zero-order valence-electron chi connectivity index (χ0n) is 26.3. The Kier molecular flexibility index (Phi) is 8.09. The normalized spacial score (nSPS) is 28.0. The first-order valence-corrected chi connectivity index (χ1v) is 17.0. The predicted octanol–water partition coefficient (Wildman–Crippen LogP) is 6.49. The number of rotatable bonds is 9. The number of methoxy groups -OCH3 is 1. The van der Waals surface area contributed by atoms with E-state index >= 15 is 0 Å². The third-order valence-electron chi connectivity index (χ3n) is 10.9. The van der Waals surface area contributed by atoms with Gasteiger partial charge in [-0.15, -0.1) is 0 Å². The molecule has 238 valence electrons. The molecule has 1 saturated heterocycles. The summed E-state index contributed by atoms with van der Waals surface area (Å²) in [5.74, 6) is 1.74. The van der Waals surface area contributed by atoms with Gasteiger partial charge in [-0.2, -0.15) is 0 Å². The summed E-state index contributed by atoms with van der Waals surface area (Å²) in [6, 6.07) is 19.9. The van der Waals surface area contributed by atoms with Crippen LogP contribution in [0.2, 0.25) is 10.0 Å². The van der Waals surface area contributed by atoms with E-state index in [4.69, 9.17) is 32.7 Å². The first-order valence-electron chi connectivity index (χ1n) is 16.3. The van der Waals surface area contributed by atoms with Gasteiger partial charge in [-0.3, -0.25) is 9.69 Å². The Balaban J connectivity index is 1.26. The minimum atomic E-state index is -0.982. The molecule has 1 saturated carbocycles. The van der Waals surface area contributed by atoms with Crippen LogP contribution in [0.5, 0.6) is 11.5 Å². The molecule has 6 nitrogen and oxygen atoms in total. The number of aliphatic hydroxyl groups is 1. The van der Waals surface area contributed by atoms with Crippen LogP contribution >= 0.6 is 23.2 Å². The quantitative estimate of drug-likeness (QED) is 0.287. The summed E-state index contributed by atoms with van der Waals surface area (Å²) in [4.78, 5) is 18.8. The molecule has 0 aromatic heterocycles. The maximum absolute atomic E-state index is 14.2. The van der Waals surface area contributed by atoms with Crippen LogP contribution in [0.3, 0.4) is 0 Å². The second-order valence-corrected chi connectivity index (χ2v) is 14.6. The molecule has 45 heavy (non-hydrogen) atoms. The Morgan fingerprint density at radius 1 is 1.09 bits per heavy atom. The van der Waals surface area contributed by atoms with E-state index in [1.165, 1.54) is 11.1 Å². The average Bonchev–Trinajstić information content (AvgIpc) is 3.37. The summed E-state index contributed by atoms with van der Waals surface area (Å²) in [7, 11) is 1.68. The second kappa shape index (κ2) is 11.8. The highest BCUT2D eigenvalue weighted by Crippen LogP contribution is 2.66. The molecule has 7 rings (SSSR count). The minimum Gasteiger partial charge on any atom is -0.493 e. The van der Waals surface area contributed by atoms with E-state index in [9.17, 15) is 9.90 Å². The Hall–Kier alpha value is -2.77. The lowest BCUT2D eigenvalue weighted by atomic mass is 9.48. The maximum Gasteiger partial charge on any atom is 0.227 e. The van der Waals surface area contributed by atoms with Crippen molar-refractivity contribution in [2.75, 3.05) is 26.7 Å². The van der Waals surface area contributed by atoms with Gasteiger partial charge in [-0.1, -0.05) is 79.5 Å². The molecule has 2 bridgehead atoms. The molecule has 2 heterocycles. The highest BCUT2D eigenvalue weighted by Gasteiger charge is 2.73. The molecule has 2 aliphatic carbocycles. The number of hydrogen-bond acceptors (Lipinski definition) is 5. The van der Waals surface area contributed by atoms with Crippen molar-refractivity contribution < 1.29 is 19.4 Å². The summed E-state index contributed by atoms with van der Waals surface area (Å²) in [6.07, 6.45) is 3.59. The van der Waals surface area contributed by atoms with E-state index in [0.717, 1.165) is 49.2 Å². The molecule has 1 N–H and O–H groups in total. The molecular formula is C37H42Cl2N2O4. The number of ether oxygens (including phenoxy) is 2. The Morgan fingerprint density at radius 3 is 2.62 bits per heavy atom. The lowest BCUT2D eigenvalue weighted by molar-refractivity contribution is -0.201. The van der Waals surface area contributed by atoms with Crippen molar-refractivity contribution in [3.63, 3.8) is 0 Å². The van der Waals surface area contributed by atoms with Crippen molar-refractivity contribution in [1.29, 1.82) is 0 Å². The van der Waals surface area contributed by atoms with Crippen LogP contribution < -0.4 is 9.47 Å². The Morgan fingerprint density at radius 2 is 1.89 bits per heavy atom. The SMILES string of the molecule is COc1ccc2c3c1O[C@H]1[C@H](N(CC(C)C)C(=O)Cc4ccc(Cl)c(Cl)c4)CC[C@@]4(O)[C@@H](C2)N(CCc2ccccc2)CC[C@]314. The number of likely N-dealkylation sites (tertiary alicyclic amines) is 1. The first-order chi connectivity index (χ1) is 21.7. The lowest BCUT2D eigenvalue weighted by Gasteiger charge is -2.65. The molecule has 3 aromatic carbocycles. The highest BCUT2D eigenvalue weighted by molar-refractivity contribution is 6.42. The van der Waals surface area contributed by atoms with Gasteiger partial charge in [0.25, 0.3) is 0 Å². The molecule has 4 aliphatic rings. The Labute approximate surface area is 276 Å². The topological polar surface area (TPSA) is 62.2 Å². The molecule has 0 unspecified atom stereocenters. The van der Waals surface area contributed by atoms with Gasteiger partial charge in [0.2, 0.25) is 5.91 Å². The number of carbonyl (C=O) groups excluding carboxylic acids is 1. The molecule has 0 radical (unpaired) electrons. The van der Waals surface area contributed by atoms with Crippen LogP contribution in [-0.4, -0.2) is 71.3 Å². The molecule has 1 spiro atoms. The largest absolute Gasteiger partial charge is 0.493 e. The van der Waals surface area contributed by atoms with E-state index in [2.05, 4.69) is 55.1 Å². The maximum atomic E-state index is 14.2. The summed E-state index contributed by atoms with van der Waals surface area (Å²) in [5.41, 5.74) is 2.87. The van der Waals surface area contributed by atoms with Crippen molar-refractivity contribution in [2.45, 2.75) is 81.6 Å². The van der Waals surface area contributed by atoms with Crippen molar-refractivity contribution in [1.82, 2.24) is 9.80 Å². The summed E-state index contributed by atoms with van der Waals surface area (Å²) < 4.78 is 12.8. The van der Waals surface area contributed by atoms with Gasteiger partial charge in [0, 0.05) is 24.7 Å². The van der Waals surface area contributed by atoms with Gasteiger partial charge in [0.05, 0.1) is 40.6 Å². The van der Waals surface area contributed by atoms with Crippen molar-refractivity contribution in [3.05, 3.63) is 93.0 Å². The van der Waals surface area contributed by atoms with E-state index in [1.54, 1.807) is 19.2 Å². The smallest absolute Gasteiger partial charge is 0.227 e. The fraction of sp³-hybridized carbons (Fsp3) is 0.486. The summed E-state index contributed by atoms with van der Waals surface area (Å²) in [5, 5.41) is 14.0. The van der Waals surface area contributed by atoms with Gasteiger partial charge in [-0.05, 0) is 79.5 Å². The molecule has 3 aromatic rings. The van der Waals surface area contributed by atoms with Crippen molar-refractivity contribution in [3.8, 4) is 11.5 Å². The van der Waals surface area contributed by atoms with Crippen LogP contribution in [-0.2, 0) is 29.5 Å². The van der Waals surface area contributed by atoms with E-state index in [-0.39, 0.29) is 36.4 Å². The van der Waals surface area contributed by atoms with Crippen LogP contribution in [0, 0.1) is 5.92 Å². The predicted molar refractivity (Wildman–Crippen MR) is 178 cm³/mol. The van der Waals surface area contributed by atoms with Crippen LogP contribution in [0.25, 0.3) is 0 Å². The van der Waals surface area contributed by atoms with Crippen molar-refractivity contribution in [2.24, 2.45) is 5.92 Å². The standard InChI is InChI=1S/C37H42Cl2N2O4/c1-23(2)22-41(32(42)20-25-9-11-27(38)28(39)19-25)29-13-15-37(43)31-21-26-10-12-30(44-3)34-33(26)36(37,35(29)45-34)16-18-40(31)17-14-24-7-5-4-6-8-24/h4-12,19,23,29,31,35,43H,13-18,20-22H2,1-3H3/t29-,31-,35+,36+,37-/m1/s1. The lowest BCUT2D eigenvalue weighted by Crippen LogP contribution is -2.78. The highest BCUT2D eigenvalue weighted by atomic mass is 35.5. The molecule has 8 heteroatoms. The van der Waals surface area contributed by atoms with Gasteiger partial charge in [-0.25, -0.2) is 0 Å². The first kappa shape index (κ1) is 30.9. The molecule has 1 amide bonds. The fourth-order valence-electron chi connectivity index (χ4n) is 9.00. The second-order valence-electron chi connectivity index (χ2n) is 13.8. The minimum absolute atomic E-state index is 0.0284. The monoisotopic (exact) mass is 648 g/mol. The number of hydrogen-bond donors (Lipinski definition) is 1. The number of benzene rings is 3. The van der Waals surface area contributed by atoms with E-state index in [1.807, 2.05) is 17.0 Å². The average molecular weight is 650 g/mol. The molecule has 2 fully saturated rings. The third-order valence-corrected chi connectivity index (χ3v) is 11.6. The van der Waals surface area contributed by atoms with Gasteiger partial charge in [0.15, 0.2) is 11.5 Å². The number of amides is 1. The fourth-order valence-corrected chi connectivity index (χ4v) is 9.32. The number of halogens is 2. The van der Waals surface area contributed by atoms with E-state index in [0.29, 0.717) is 35.2 Å². The van der Waals surface area contributed by atoms with Crippen LogP contribution in [0.15, 0.2) is 60.7 Å². The Bertz CT molecular complexity index is 1600. The summed E-state index contributed by atoms with van der Waals surface area (Å²) >= 11 is 12.5. The zero-order valence-corrected chi connectivity index (χ0v) is 27.8. The molecule has 5 atom stereocenters. The molecule has 2 aliphatic heterocycles. The zero-order chi connectivity index (χ0) is 31.5. The van der Waals surface area contributed by atoms with Crippen molar-refractivity contribution >= 4 is 29.1 Å². The van der Waals surface area contributed by atoms with Gasteiger partial charge < -0.3 is 19.5 Å². The van der Waals surface area contributed by atoms with Crippen LogP contribution in [0.4, 0.5) is 0 Å². The van der Waals surface area contributed by atoms with Crippen LogP contribution in [0.1, 0.15) is 55.4 Å². The number of nitrogens with zero attached hydrogens (tertiary/aromatic N) is 2. The van der Waals surface area contributed by atoms with Gasteiger partial charge >= 0.3 is 0 Å². The number of piperidine rings is 1. The molecular weight excluding hydrogens is 607 g/mol. The number of carbonyl (C=O) groups is 1. The van der Waals surface area contributed by atoms with Gasteiger partial charge in [0.1, 0.15) is 6.10 Å². The van der Waals surface area contributed by atoms with E-state index < -0.39 is 11.0 Å². The summed E-state index contributed by atoms with van der Waals surface area (Å²) in [6.45, 7) is 6.65.